The Morgan fingerprint density at radius 2 is 1.92 bits per heavy atom. The monoisotopic (exact) mass is 331 g/mol. The number of thioether (sulfide) groups is 1. The van der Waals surface area contributed by atoms with Crippen molar-refractivity contribution in [2.45, 2.75) is 5.25 Å². The van der Waals surface area contributed by atoms with Crippen molar-refractivity contribution in [1.29, 1.82) is 0 Å². The van der Waals surface area contributed by atoms with E-state index in [0.717, 1.165) is 38.7 Å². The van der Waals surface area contributed by atoms with Crippen molar-refractivity contribution < 1.29 is 4.42 Å². The molecule has 24 heavy (non-hydrogen) atoms. The number of rotatable bonds is 1. The minimum absolute atomic E-state index is 0.0701. The van der Waals surface area contributed by atoms with Crippen LogP contribution in [0.3, 0.4) is 0 Å². The highest BCUT2D eigenvalue weighted by atomic mass is 32.2. The van der Waals surface area contributed by atoms with Gasteiger partial charge in [-0.25, -0.2) is 0 Å². The fraction of sp³-hybridized carbons (Fsp3) is 0.0500. The second kappa shape index (κ2) is 5.14. The summed E-state index contributed by atoms with van der Waals surface area (Å²) in [4.78, 5) is 16.8. The number of aromatic nitrogens is 1. The van der Waals surface area contributed by atoms with E-state index in [1.165, 1.54) is 0 Å². The highest BCUT2D eigenvalue weighted by Gasteiger charge is 2.25. The lowest BCUT2D eigenvalue weighted by atomic mass is 10.0. The number of aromatic amines is 1. The van der Waals surface area contributed by atoms with E-state index in [4.69, 9.17) is 4.42 Å². The topological polar surface area (TPSA) is 46.0 Å². The maximum absolute atomic E-state index is 13.4. The van der Waals surface area contributed by atoms with Crippen LogP contribution in [0.1, 0.15) is 22.1 Å². The van der Waals surface area contributed by atoms with Crippen molar-refractivity contribution in [2.24, 2.45) is 0 Å². The van der Waals surface area contributed by atoms with E-state index >= 15 is 0 Å². The summed E-state index contributed by atoms with van der Waals surface area (Å²) < 4.78 is 5.60. The Bertz CT molecular complexity index is 1160. The number of H-pyrrole nitrogens is 1. The molecule has 1 aliphatic rings. The van der Waals surface area contributed by atoms with Gasteiger partial charge in [-0.2, -0.15) is 0 Å². The molecule has 0 radical (unpaired) electrons. The molecule has 4 heteroatoms. The molecule has 5 rings (SSSR count). The van der Waals surface area contributed by atoms with Crippen molar-refractivity contribution in [1.82, 2.24) is 4.98 Å². The first-order valence-corrected chi connectivity index (χ1v) is 8.70. The van der Waals surface area contributed by atoms with Gasteiger partial charge in [0, 0.05) is 16.5 Å². The summed E-state index contributed by atoms with van der Waals surface area (Å²) in [6, 6.07) is 15.7. The van der Waals surface area contributed by atoms with Crippen LogP contribution in [0.5, 0.6) is 0 Å². The molecule has 1 aliphatic heterocycles. The first kappa shape index (κ1) is 13.7. The normalized spacial score (nSPS) is 16.6. The molecule has 2 aromatic carbocycles. The summed E-state index contributed by atoms with van der Waals surface area (Å²) >= 11 is 1.61. The number of para-hydroxylation sites is 1. The molecule has 0 spiro atoms. The van der Waals surface area contributed by atoms with Crippen LogP contribution in [0, 0.1) is 0 Å². The zero-order valence-corrected chi connectivity index (χ0v) is 13.5. The summed E-state index contributed by atoms with van der Waals surface area (Å²) in [7, 11) is 0. The van der Waals surface area contributed by atoms with Gasteiger partial charge in [0.2, 0.25) is 0 Å². The van der Waals surface area contributed by atoms with Crippen molar-refractivity contribution >= 4 is 39.6 Å². The quantitative estimate of drug-likeness (QED) is 0.529. The lowest BCUT2D eigenvalue weighted by Gasteiger charge is -2.16. The minimum Gasteiger partial charge on any atom is -0.468 e. The smallest absolute Gasteiger partial charge is 0.193 e. The van der Waals surface area contributed by atoms with Crippen LogP contribution in [-0.2, 0) is 0 Å². The molecule has 1 atom stereocenters. The standard InChI is InChI=1S/C20H13NO2S/c22-19-17-12(9-11-24-20(17)16-6-3-10-23-16)7-8-15-18(19)13-4-1-2-5-14(13)21-15/h1-11,20-21H. The van der Waals surface area contributed by atoms with Gasteiger partial charge in [0.25, 0.3) is 0 Å². The molecule has 1 N–H and O–H groups in total. The molecule has 4 aromatic rings. The Balaban J connectivity index is 1.93. The van der Waals surface area contributed by atoms with Gasteiger partial charge in [0.15, 0.2) is 5.43 Å². The predicted octanol–water partition coefficient (Wildman–Crippen LogP) is 5.08. The summed E-state index contributed by atoms with van der Waals surface area (Å²) in [5, 5.41) is 3.63. The van der Waals surface area contributed by atoms with Gasteiger partial charge in [-0.1, -0.05) is 24.3 Å². The Kier molecular flexibility index (Phi) is 2.94. The molecule has 0 bridgehead atoms. The molecule has 2 aromatic heterocycles. The predicted molar refractivity (Wildman–Crippen MR) is 99.3 cm³/mol. The van der Waals surface area contributed by atoms with Gasteiger partial charge >= 0.3 is 0 Å². The molecular formula is C20H13NO2S. The summed E-state index contributed by atoms with van der Waals surface area (Å²) in [6.45, 7) is 0. The van der Waals surface area contributed by atoms with E-state index in [1.807, 2.05) is 60.0 Å². The molecule has 0 saturated heterocycles. The Morgan fingerprint density at radius 1 is 1.00 bits per heavy atom. The van der Waals surface area contributed by atoms with Crippen LogP contribution < -0.4 is 5.43 Å². The first-order chi connectivity index (χ1) is 11.8. The molecule has 3 nitrogen and oxygen atoms in total. The van der Waals surface area contributed by atoms with Crippen molar-refractivity contribution in [3.05, 3.63) is 87.3 Å². The maximum Gasteiger partial charge on any atom is 0.193 e. The van der Waals surface area contributed by atoms with E-state index in [1.54, 1.807) is 18.0 Å². The zero-order valence-electron chi connectivity index (χ0n) is 12.7. The van der Waals surface area contributed by atoms with E-state index in [9.17, 15) is 4.79 Å². The lowest BCUT2D eigenvalue weighted by Crippen LogP contribution is -2.13. The molecular weight excluding hydrogens is 318 g/mol. The Morgan fingerprint density at radius 3 is 2.79 bits per heavy atom. The molecule has 0 aliphatic carbocycles. The second-order valence-electron chi connectivity index (χ2n) is 5.83. The van der Waals surface area contributed by atoms with E-state index in [-0.39, 0.29) is 10.7 Å². The highest BCUT2D eigenvalue weighted by molar-refractivity contribution is 8.02. The SMILES string of the molecule is O=c1c2c(ccc3[nH]c4ccccc4c13)C=CSC2c1ccco1. The number of furan rings is 1. The average molecular weight is 331 g/mol. The van der Waals surface area contributed by atoms with Gasteiger partial charge in [0.1, 0.15) is 5.76 Å². The fourth-order valence-electron chi connectivity index (χ4n) is 3.39. The van der Waals surface area contributed by atoms with Crippen LogP contribution in [0.4, 0.5) is 0 Å². The number of fused-ring (bicyclic) bond motifs is 4. The minimum atomic E-state index is -0.114. The van der Waals surface area contributed by atoms with Crippen LogP contribution in [-0.4, -0.2) is 4.98 Å². The first-order valence-electron chi connectivity index (χ1n) is 7.76. The average Bonchev–Trinajstić information content (AvgIpc) is 3.24. The highest BCUT2D eigenvalue weighted by Crippen LogP contribution is 2.41. The van der Waals surface area contributed by atoms with Crippen LogP contribution in [0.2, 0.25) is 0 Å². The van der Waals surface area contributed by atoms with Crippen LogP contribution in [0.15, 0.2) is 69.4 Å². The molecule has 116 valence electrons. The van der Waals surface area contributed by atoms with E-state index in [0.29, 0.717) is 0 Å². The van der Waals surface area contributed by atoms with Crippen LogP contribution >= 0.6 is 11.8 Å². The lowest BCUT2D eigenvalue weighted by molar-refractivity contribution is 0.518. The largest absolute Gasteiger partial charge is 0.468 e. The summed E-state index contributed by atoms with van der Waals surface area (Å²) in [5.74, 6) is 0.807. The molecule has 3 heterocycles. The number of hydrogen-bond donors (Lipinski definition) is 1. The van der Waals surface area contributed by atoms with Gasteiger partial charge in [-0.3, -0.25) is 4.79 Å². The third-order valence-electron chi connectivity index (χ3n) is 4.47. The second-order valence-corrected chi connectivity index (χ2v) is 6.84. The zero-order chi connectivity index (χ0) is 16.1. The molecule has 0 saturated carbocycles. The van der Waals surface area contributed by atoms with Crippen molar-refractivity contribution in [2.75, 3.05) is 0 Å². The van der Waals surface area contributed by atoms with Gasteiger partial charge in [-0.15, -0.1) is 11.8 Å². The molecule has 0 amide bonds. The maximum atomic E-state index is 13.4. The fourth-order valence-corrected chi connectivity index (χ4v) is 4.42. The third-order valence-corrected chi connectivity index (χ3v) is 5.51. The Labute approximate surface area is 142 Å². The third kappa shape index (κ3) is 1.90. The number of nitrogens with one attached hydrogen (secondary N) is 1. The molecule has 1 unspecified atom stereocenters. The summed E-state index contributed by atoms with van der Waals surface area (Å²) in [6.07, 6.45) is 3.66. The van der Waals surface area contributed by atoms with E-state index < -0.39 is 0 Å². The Hall–Kier alpha value is -2.72. The van der Waals surface area contributed by atoms with Crippen molar-refractivity contribution in [3.8, 4) is 0 Å². The van der Waals surface area contributed by atoms with Crippen molar-refractivity contribution in [3.63, 3.8) is 0 Å². The number of hydrogen-bond acceptors (Lipinski definition) is 3. The number of benzene rings is 1. The van der Waals surface area contributed by atoms with Gasteiger partial charge in [-0.05, 0) is 41.3 Å². The van der Waals surface area contributed by atoms with E-state index in [2.05, 4.69) is 4.98 Å². The van der Waals surface area contributed by atoms with Crippen LogP contribution in [0.25, 0.3) is 27.9 Å². The summed E-state index contributed by atoms with van der Waals surface area (Å²) in [5.41, 5.74) is 3.66. The van der Waals surface area contributed by atoms with Gasteiger partial charge < -0.3 is 9.40 Å². The van der Waals surface area contributed by atoms with Gasteiger partial charge in [0.05, 0.1) is 22.4 Å². The molecule has 0 fully saturated rings.